The number of amides is 1. The van der Waals surface area contributed by atoms with E-state index in [0.29, 0.717) is 16.5 Å². The lowest BCUT2D eigenvalue weighted by Gasteiger charge is -2.21. The van der Waals surface area contributed by atoms with Gasteiger partial charge in [-0.05, 0) is 53.1 Å². The maximum Gasteiger partial charge on any atom is 0.251 e. The summed E-state index contributed by atoms with van der Waals surface area (Å²) in [5.41, 5.74) is 0.612. The molecule has 1 aromatic carbocycles. The predicted molar refractivity (Wildman–Crippen MR) is 88.7 cm³/mol. The zero-order valence-electron chi connectivity index (χ0n) is 10.3. The summed E-state index contributed by atoms with van der Waals surface area (Å²) in [7, 11) is 0. The van der Waals surface area contributed by atoms with Crippen molar-refractivity contribution in [1.29, 1.82) is 0 Å². The first-order chi connectivity index (χ1) is 8.45. The summed E-state index contributed by atoms with van der Waals surface area (Å²) < 4.78 is 0.951. The van der Waals surface area contributed by atoms with E-state index in [4.69, 9.17) is 11.6 Å². The van der Waals surface area contributed by atoms with E-state index in [-0.39, 0.29) is 11.9 Å². The molecule has 1 N–H and O–H groups in total. The average molecular weight is 445 g/mol. The van der Waals surface area contributed by atoms with Crippen LogP contribution in [0.4, 0.5) is 0 Å². The van der Waals surface area contributed by atoms with Crippen molar-refractivity contribution in [2.75, 3.05) is 5.33 Å². The zero-order chi connectivity index (χ0) is 13.7. The predicted octanol–water partition coefficient (Wildman–Crippen LogP) is 4.48. The summed E-state index contributed by atoms with van der Waals surface area (Å²) in [6, 6.07) is 5.54. The first-order valence-electron chi connectivity index (χ1n) is 5.77. The van der Waals surface area contributed by atoms with E-state index in [2.05, 4.69) is 57.7 Å². The molecule has 0 saturated carbocycles. The van der Waals surface area contributed by atoms with Gasteiger partial charge in [0.05, 0.1) is 5.02 Å². The largest absolute Gasteiger partial charge is 0.349 e. The van der Waals surface area contributed by atoms with Crippen LogP contribution in [-0.2, 0) is 0 Å². The average Bonchev–Trinajstić information content (AvgIpc) is 2.31. The monoisotopic (exact) mass is 443 g/mol. The molecule has 0 aliphatic rings. The summed E-state index contributed by atoms with van der Waals surface area (Å²) in [5.74, 6) is 0.346. The molecule has 1 unspecified atom stereocenters. The third-order valence-electron chi connectivity index (χ3n) is 2.72. The molecule has 2 nitrogen and oxygen atoms in total. The fourth-order valence-corrected chi connectivity index (χ4v) is 2.59. The fourth-order valence-electron chi connectivity index (χ4n) is 1.58. The highest BCUT2D eigenvalue weighted by Crippen LogP contribution is 2.20. The molecule has 0 saturated heterocycles. The smallest absolute Gasteiger partial charge is 0.251 e. The fraction of sp³-hybridized carbons (Fsp3) is 0.462. The Bertz CT molecular complexity index is 425. The van der Waals surface area contributed by atoms with E-state index in [9.17, 15) is 4.79 Å². The molecule has 0 bridgehead atoms. The van der Waals surface area contributed by atoms with Crippen LogP contribution in [0.15, 0.2) is 18.2 Å². The molecular weight excluding hydrogens is 428 g/mol. The number of nitrogens with one attached hydrogen (secondary N) is 1. The highest BCUT2D eigenvalue weighted by molar-refractivity contribution is 14.1. The SMILES string of the molecule is CC(C)C(CCBr)NC(=O)c1ccc(I)c(Cl)c1. The Morgan fingerprint density at radius 2 is 2.17 bits per heavy atom. The van der Waals surface area contributed by atoms with Crippen LogP contribution in [0.25, 0.3) is 0 Å². The lowest BCUT2D eigenvalue weighted by Crippen LogP contribution is -2.38. The van der Waals surface area contributed by atoms with Crippen LogP contribution in [0, 0.1) is 9.49 Å². The van der Waals surface area contributed by atoms with E-state index >= 15 is 0 Å². The zero-order valence-corrected chi connectivity index (χ0v) is 14.8. The summed E-state index contributed by atoms with van der Waals surface area (Å²) >= 11 is 11.6. The quantitative estimate of drug-likeness (QED) is 0.527. The molecule has 18 heavy (non-hydrogen) atoms. The minimum Gasteiger partial charge on any atom is -0.349 e. The van der Waals surface area contributed by atoms with Gasteiger partial charge in [0, 0.05) is 20.5 Å². The van der Waals surface area contributed by atoms with Crippen LogP contribution in [0.2, 0.25) is 5.02 Å². The van der Waals surface area contributed by atoms with Gasteiger partial charge in [-0.1, -0.05) is 41.4 Å². The van der Waals surface area contributed by atoms with Gasteiger partial charge in [-0.2, -0.15) is 0 Å². The van der Waals surface area contributed by atoms with Crippen molar-refractivity contribution in [3.63, 3.8) is 0 Å². The van der Waals surface area contributed by atoms with Crippen LogP contribution in [-0.4, -0.2) is 17.3 Å². The lowest BCUT2D eigenvalue weighted by atomic mass is 10.0. The summed E-state index contributed by atoms with van der Waals surface area (Å²) in [6.45, 7) is 4.21. The Labute approximate surface area is 135 Å². The minimum absolute atomic E-state index is 0.0621. The Morgan fingerprint density at radius 1 is 1.50 bits per heavy atom. The van der Waals surface area contributed by atoms with Crippen LogP contribution >= 0.6 is 50.1 Å². The minimum atomic E-state index is -0.0621. The maximum atomic E-state index is 12.1. The number of hydrogen-bond donors (Lipinski definition) is 1. The first-order valence-corrected chi connectivity index (χ1v) is 8.35. The Hall–Kier alpha value is 0.190. The molecule has 0 fully saturated rings. The van der Waals surface area contributed by atoms with E-state index in [0.717, 1.165) is 15.3 Å². The summed E-state index contributed by atoms with van der Waals surface area (Å²) in [6.07, 6.45) is 0.918. The summed E-state index contributed by atoms with van der Waals surface area (Å²) in [5, 5.41) is 4.54. The van der Waals surface area contributed by atoms with Crippen molar-refractivity contribution >= 4 is 56.0 Å². The van der Waals surface area contributed by atoms with Crippen LogP contribution in [0.3, 0.4) is 0 Å². The molecule has 0 spiro atoms. The molecule has 1 atom stereocenters. The van der Waals surface area contributed by atoms with Gasteiger partial charge in [0.15, 0.2) is 0 Å². The van der Waals surface area contributed by atoms with Crippen molar-refractivity contribution in [1.82, 2.24) is 5.32 Å². The van der Waals surface area contributed by atoms with Crippen molar-refractivity contribution in [2.45, 2.75) is 26.3 Å². The van der Waals surface area contributed by atoms with Crippen LogP contribution < -0.4 is 5.32 Å². The number of benzene rings is 1. The van der Waals surface area contributed by atoms with Crippen molar-refractivity contribution < 1.29 is 4.79 Å². The van der Waals surface area contributed by atoms with Crippen LogP contribution in [0.5, 0.6) is 0 Å². The Balaban J connectivity index is 2.77. The van der Waals surface area contributed by atoms with Gasteiger partial charge in [-0.15, -0.1) is 0 Å². The number of carbonyl (C=O) groups excluding carboxylic acids is 1. The van der Waals surface area contributed by atoms with Crippen molar-refractivity contribution in [3.05, 3.63) is 32.4 Å². The molecule has 100 valence electrons. The third kappa shape index (κ3) is 4.70. The van der Waals surface area contributed by atoms with E-state index in [1.54, 1.807) is 12.1 Å². The summed E-state index contributed by atoms with van der Waals surface area (Å²) in [4.78, 5) is 12.1. The highest BCUT2D eigenvalue weighted by Gasteiger charge is 2.16. The standard InChI is InChI=1S/C13H16BrClINO/c1-8(2)12(5-6-14)17-13(18)9-3-4-11(16)10(15)7-9/h3-4,7-8,12H,5-6H2,1-2H3,(H,17,18). The van der Waals surface area contributed by atoms with E-state index in [1.165, 1.54) is 0 Å². The Kier molecular flexibility index (Phi) is 6.95. The van der Waals surface area contributed by atoms with Crippen molar-refractivity contribution in [3.8, 4) is 0 Å². The van der Waals surface area contributed by atoms with E-state index < -0.39 is 0 Å². The second-order valence-corrected chi connectivity index (χ2v) is 6.79. The number of carbonyl (C=O) groups is 1. The number of halogens is 3. The van der Waals surface area contributed by atoms with Gasteiger partial charge < -0.3 is 5.32 Å². The molecule has 1 aromatic rings. The second kappa shape index (κ2) is 7.70. The second-order valence-electron chi connectivity index (χ2n) is 4.43. The lowest BCUT2D eigenvalue weighted by molar-refractivity contribution is 0.0925. The van der Waals surface area contributed by atoms with Crippen LogP contribution in [0.1, 0.15) is 30.6 Å². The van der Waals surface area contributed by atoms with Crippen molar-refractivity contribution in [2.24, 2.45) is 5.92 Å². The number of rotatable bonds is 5. The molecule has 1 rings (SSSR count). The third-order valence-corrected chi connectivity index (χ3v) is 4.75. The first kappa shape index (κ1) is 16.2. The number of alkyl halides is 1. The van der Waals surface area contributed by atoms with Gasteiger partial charge >= 0.3 is 0 Å². The van der Waals surface area contributed by atoms with Gasteiger partial charge in [0.25, 0.3) is 5.91 Å². The van der Waals surface area contributed by atoms with E-state index in [1.807, 2.05) is 6.07 Å². The molecule has 0 aliphatic heterocycles. The Morgan fingerprint density at radius 3 is 2.67 bits per heavy atom. The number of hydrogen-bond acceptors (Lipinski definition) is 1. The van der Waals surface area contributed by atoms with Gasteiger partial charge in [0.1, 0.15) is 0 Å². The molecule has 1 amide bonds. The topological polar surface area (TPSA) is 29.1 Å². The highest BCUT2D eigenvalue weighted by atomic mass is 127. The maximum absolute atomic E-state index is 12.1. The van der Waals surface area contributed by atoms with Gasteiger partial charge in [0.2, 0.25) is 0 Å². The van der Waals surface area contributed by atoms with Gasteiger partial charge in [-0.3, -0.25) is 4.79 Å². The molecule has 5 heteroatoms. The van der Waals surface area contributed by atoms with Gasteiger partial charge in [-0.25, -0.2) is 0 Å². The molecular formula is C13H16BrClINO. The molecule has 0 radical (unpaired) electrons. The molecule has 0 aliphatic carbocycles. The normalized spacial score (nSPS) is 12.6. The molecule has 0 aromatic heterocycles. The molecule has 0 heterocycles.